The summed E-state index contributed by atoms with van der Waals surface area (Å²) in [6.45, 7) is 1.87. The molecule has 0 atom stereocenters. The van der Waals surface area contributed by atoms with Crippen molar-refractivity contribution in [3.8, 4) is 0 Å². The molecule has 0 aliphatic carbocycles. The number of hydrogen-bond acceptors (Lipinski definition) is 6. The molecule has 0 radical (unpaired) electrons. The lowest BCUT2D eigenvalue weighted by atomic mass is 10.4. The number of hydrogen-bond donors (Lipinski definition) is 1. The molecule has 10 heteroatoms. The van der Waals surface area contributed by atoms with E-state index in [4.69, 9.17) is 4.74 Å². The fourth-order valence-corrected chi connectivity index (χ4v) is 6.50. The van der Waals surface area contributed by atoms with E-state index in [1.807, 2.05) is 12.1 Å². The number of thiophene rings is 2. The summed E-state index contributed by atoms with van der Waals surface area (Å²) < 4.78 is 33.1. The van der Waals surface area contributed by atoms with Crippen molar-refractivity contribution >= 4 is 60.6 Å². The van der Waals surface area contributed by atoms with Crippen molar-refractivity contribution in [1.82, 2.24) is 9.62 Å². The summed E-state index contributed by atoms with van der Waals surface area (Å²) in [6, 6.07) is 7.17. The zero-order valence-electron chi connectivity index (χ0n) is 13.7. The van der Waals surface area contributed by atoms with Crippen molar-refractivity contribution in [3.63, 3.8) is 0 Å². The number of nitrogens with one attached hydrogen (secondary N) is 1. The highest BCUT2D eigenvalue weighted by atomic mass is 79.9. The Hall–Kier alpha value is -1.04. The first-order valence-corrected chi connectivity index (χ1v) is 11.7. The molecular weight excluding hydrogens is 460 g/mol. The van der Waals surface area contributed by atoms with Gasteiger partial charge in [-0.15, -0.1) is 22.7 Å². The van der Waals surface area contributed by atoms with E-state index in [1.54, 1.807) is 18.2 Å². The minimum atomic E-state index is -3.48. The van der Waals surface area contributed by atoms with Crippen molar-refractivity contribution in [3.05, 3.63) is 43.9 Å². The third-order valence-corrected chi connectivity index (χ3v) is 8.67. The lowest BCUT2D eigenvalue weighted by molar-refractivity contribution is -0.116. The standard InChI is InChI=1S/C16H17BrN2O4S3/c17-14-4-1-12(24-14)2-5-15(20)18-11-13-3-6-16(25-13)26(21,22)19-7-9-23-10-8-19/h1-6H,7-11H2,(H,18,20)/b5-2+. The maximum Gasteiger partial charge on any atom is 0.252 e. The second kappa shape index (κ2) is 8.77. The summed E-state index contributed by atoms with van der Waals surface area (Å²) >= 11 is 6.09. The van der Waals surface area contributed by atoms with Crippen LogP contribution < -0.4 is 5.32 Å². The van der Waals surface area contributed by atoms with E-state index in [0.29, 0.717) is 37.1 Å². The lowest BCUT2D eigenvalue weighted by Gasteiger charge is -2.25. The van der Waals surface area contributed by atoms with Crippen LogP contribution in [0.2, 0.25) is 0 Å². The number of carbonyl (C=O) groups excluding carboxylic acids is 1. The first-order valence-electron chi connectivity index (χ1n) is 7.83. The number of morpholine rings is 1. The van der Waals surface area contributed by atoms with Gasteiger partial charge in [-0.2, -0.15) is 4.31 Å². The molecule has 1 fully saturated rings. The summed E-state index contributed by atoms with van der Waals surface area (Å²) in [7, 11) is -3.48. The molecule has 140 valence electrons. The Balaban J connectivity index is 1.56. The van der Waals surface area contributed by atoms with E-state index in [0.717, 1.165) is 13.5 Å². The molecule has 26 heavy (non-hydrogen) atoms. The molecule has 0 bridgehead atoms. The van der Waals surface area contributed by atoms with Gasteiger partial charge >= 0.3 is 0 Å². The van der Waals surface area contributed by atoms with Crippen LogP contribution in [-0.2, 0) is 26.1 Å². The molecule has 6 nitrogen and oxygen atoms in total. The highest BCUT2D eigenvalue weighted by Crippen LogP contribution is 2.26. The predicted molar refractivity (Wildman–Crippen MR) is 107 cm³/mol. The van der Waals surface area contributed by atoms with Crippen molar-refractivity contribution in [2.24, 2.45) is 0 Å². The van der Waals surface area contributed by atoms with Crippen LogP contribution in [0.5, 0.6) is 0 Å². The molecule has 2 aromatic heterocycles. The summed E-state index contributed by atoms with van der Waals surface area (Å²) in [4.78, 5) is 13.7. The molecule has 0 saturated carbocycles. The van der Waals surface area contributed by atoms with Gasteiger partial charge in [-0.1, -0.05) is 0 Å². The van der Waals surface area contributed by atoms with Crippen molar-refractivity contribution in [2.45, 2.75) is 10.8 Å². The van der Waals surface area contributed by atoms with E-state index >= 15 is 0 Å². The Kier molecular flexibility index (Phi) is 6.65. The minimum absolute atomic E-state index is 0.222. The van der Waals surface area contributed by atoms with Gasteiger partial charge in [0.15, 0.2) is 0 Å². The summed E-state index contributed by atoms with van der Waals surface area (Å²) in [6.07, 6.45) is 3.21. The number of ether oxygens (including phenoxy) is 1. The first-order chi connectivity index (χ1) is 12.4. The van der Waals surface area contributed by atoms with Crippen LogP contribution in [0.1, 0.15) is 9.75 Å². The van der Waals surface area contributed by atoms with Gasteiger partial charge in [0.1, 0.15) is 4.21 Å². The van der Waals surface area contributed by atoms with Gasteiger partial charge < -0.3 is 10.1 Å². The molecule has 1 aliphatic rings. The van der Waals surface area contributed by atoms with Gasteiger partial charge in [0.25, 0.3) is 10.0 Å². The average molecular weight is 477 g/mol. The van der Waals surface area contributed by atoms with Gasteiger partial charge in [-0.05, 0) is 46.3 Å². The van der Waals surface area contributed by atoms with Crippen LogP contribution in [-0.4, -0.2) is 44.9 Å². The number of carbonyl (C=O) groups is 1. The Morgan fingerprint density at radius 2 is 2.00 bits per heavy atom. The van der Waals surface area contributed by atoms with Crippen molar-refractivity contribution in [1.29, 1.82) is 0 Å². The maximum atomic E-state index is 12.6. The highest BCUT2D eigenvalue weighted by molar-refractivity contribution is 9.11. The van der Waals surface area contributed by atoms with Gasteiger partial charge in [0.05, 0.1) is 23.5 Å². The topological polar surface area (TPSA) is 75.7 Å². The quantitative estimate of drug-likeness (QED) is 0.650. The number of amides is 1. The van der Waals surface area contributed by atoms with E-state index < -0.39 is 10.0 Å². The summed E-state index contributed by atoms with van der Waals surface area (Å²) in [5.74, 6) is -0.222. The van der Waals surface area contributed by atoms with E-state index in [1.165, 1.54) is 33.1 Å². The van der Waals surface area contributed by atoms with E-state index in [2.05, 4.69) is 21.2 Å². The maximum absolute atomic E-state index is 12.6. The number of nitrogens with zero attached hydrogens (tertiary/aromatic N) is 1. The molecule has 0 spiro atoms. The van der Waals surface area contributed by atoms with Crippen molar-refractivity contribution in [2.75, 3.05) is 26.3 Å². The lowest BCUT2D eigenvalue weighted by Crippen LogP contribution is -2.40. The number of rotatable bonds is 6. The van der Waals surface area contributed by atoms with Crippen molar-refractivity contribution < 1.29 is 17.9 Å². The monoisotopic (exact) mass is 476 g/mol. The number of halogens is 1. The SMILES string of the molecule is O=C(/C=C/c1ccc(Br)s1)NCc1ccc(S(=O)(=O)N2CCOCC2)s1. The molecule has 2 aromatic rings. The third kappa shape index (κ3) is 5.02. The molecular formula is C16H17BrN2O4S3. The van der Waals surface area contributed by atoms with Gasteiger partial charge in [0, 0.05) is 28.9 Å². The Labute approximate surface area is 168 Å². The van der Waals surface area contributed by atoms with Gasteiger partial charge in [0.2, 0.25) is 5.91 Å². The van der Waals surface area contributed by atoms with Gasteiger partial charge in [-0.3, -0.25) is 4.79 Å². The van der Waals surface area contributed by atoms with Crippen LogP contribution in [0.25, 0.3) is 6.08 Å². The Morgan fingerprint density at radius 3 is 2.69 bits per heavy atom. The second-order valence-electron chi connectivity index (χ2n) is 5.43. The Bertz CT molecular complexity index is 898. The fraction of sp³-hybridized carbons (Fsp3) is 0.312. The molecule has 0 aromatic carbocycles. The normalized spacial score (nSPS) is 16.2. The summed E-state index contributed by atoms with van der Waals surface area (Å²) in [5, 5.41) is 2.77. The first kappa shape index (κ1) is 19.7. The molecule has 1 N–H and O–H groups in total. The zero-order chi connectivity index (χ0) is 18.6. The average Bonchev–Trinajstić information content (AvgIpc) is 3.28. The number of sulfonamides is 1. The fourth-order valence-electron chi connectivity index (χ4n) is 2.31. The van der Waals surface area contributed by atoms with Crippen LogP contribution in [0.15, 0.2) is 38.3 Å². The highest BCUT2D eigenvalue weighted by Gasteiger charge is 2.27. The molecule has 1 aliphatic heterocycles. The smallest absolute Gasteiger partial charge is 0.252 e. The predicted octanol–water partition coefficient (Wildman–Crippen LogP) is 2.92. The van der Waals surface area contributed by atoms with Gasteiger partial charge in [-0.25, -0.2) is 8.42 Å². The zero-order valence-corrected chi connectivity index (χ0v) is 17.7. The minimum Gasteiger partial charge on any atom is -0.379 e. The largest absolute Gasteiger partial charge is 0.379 e. The van der Waals surface area contributed by atoms with Crippen LogP contribution in [0.3, 0.4) is 0 Å². The van der Waals surface area contributed by atoms with Crippen LogP contribution in [0, 0.1) is 0 Å². The van der Waals surface area contributed by atoms with E-state index in [9.17, 15) is 13.2 Å². The molecule has 3 heterocycles. The molecule has 1 amide bonds. The van der Waals surface area contributed by atoms with E-state index in [-0.39, 0.29) is 5.91 Å². The third-order valence-electron chi connectivity index (χ3n) is 3.63. The Morgan fingerprint density at radius 1 is 1.23 bits per heavy atom. The summed E-state index contributed by atoms with van der Waals surface area (Å²) in [5.41, 5.74) is 0. The molecule has 3 rings (SSSR count). The molecule has 1 saturated heterocycles. The van der Waals surface area contributed by atoms with Crippen LogP contribution in [0.4, 0.5) is 0 Å². The van der Waals surface area contributed by atoms with Crippen LogP contribution >= 0.6 is 38.6 Å². The second-order valence-corrected chi connectivity index (χ2v) is 11.3. The molecule has 0 unspecified atom stereocenters.